The van der Waals surface area contributed by atoms with E-state index >= 15 is 0 Å². The average molecular weight is 334 g/mol. The molecule has 1 rings (SSSR count). The van der Waals surface area contributed by atoms with Gasteiger partial charge in [-0.15, -0.1) is 0 Å². The molecule has 0 amide bonds. The van der Waals surface area contributed by atoms with E-state index < -0.39 is 5.60 Å². The van der Waals surface area contributed by atoms with E-state index in [1.54, 1.807) is 13.0 Å². The molecule has 1 unspecified atom stereocenters. The second-order valence-corrected chi connectivity index (χ2v) is 7.06. The summed E-state index contributed by atoms with van der Waals surface area (Å²) in [7, 11) is 0. The third-order valence-electron chi connectivity index (χ3n) is 3.54. The summed E-state index contributed by atoms with van der Waals surface area (Å²) in [5.74, 6) is 0.663. The number of rotatable bonds is 7. The topological polar surface area (TPSA) is 41.5 Å². The summed E-state index contributed by atoms with van der Waals surface area (Å²) in [5.41, 5.74) is -0.0214. The van der Waals surface area contributed by atoms with Gasteiger partial charge < -0.3 is 15.2 Å². The van der Waals surface area contributed by atoms with Crippen molar-refractivity contribution in [2.45, 2.75) is 52.8 Å². The lowest BCUT2D eigenvalue weighted by molar-refractivity contribution is -0.0268. The molecule has 1 atom stereocenters. The number of ether oxygens (including phenoxy) is 1. The normalized spacial score (nSPS) is 14.6. The van der Waals surface area contributed by atoms with Crippen molar-refractivity contribution in [1.82, 2.24) is 5.32 Å². The standard InChI is InChI=1S/C16H25Cl2NO2/c1-10(2)16(5,20)9-21-15-12(8-19-11(3)4)6-13(17)7-14(15)18/h6-7,10-11,19-20H,8-9H2,1-5H3. The third-order valence-corrected chi connectivity index (χ3v) is 4.04. The number of hydrogen-bond donors (Lipinski definition) is 2. The smallest absolute Gasteiger partial charge is 0.142 e. The highest BCUT2D eigenvalue weighted by molar-refractivity contribution is 6.35. The molecule has 0 aromatic heterocycles. The van der Waals surface area contributed by atoms with Crippen LogP contribution in [-0.4, -0.2) is 23.4 Å². The van der Waals surface area contributed by atoms with E-state index in [2.05, 4.69) is 19.2 Å². The second kappa shape index (κ2) is 7.68. The minimum absolute atomic E-state index is 0.0841. The van der Waals surface area contributed by atoms with E-state index in [-0.39, 0.29) is 12.5 Å². The predicted molar refractivity (Wildman–Crippen MR) is 89.4 cm³/mol. The third kappa shape index (κ3) is 5.67. The molecule has 0 radical (unpaired) electrons. The molecule has 0 saturated heterocycles. The van der Waals surface area contributed by atoms with Gasteiger partial charge in [0.25, 0.3) is 0 Å². The number of halogens is 2. The van der Waals surface area contributed by atoms with Gasteiger partial charge in [0.1, 0.15) is 12.4 Å². The van der Waals surface area contributed by atoms with Gasteiger partial charge in [-0.05, 0) is 25.0 Å². The van der Waals surface area contributed by atoms with Crippen LogP contribution in [0, 0.1) is 5.92 Å². The lowest BCUT2D eigenvalue weighted by atomic mass is 9.94. The van der Waals surface area contributed by atoms with Crippen molar-refractivity contribution in [1.29, 1.82) is 0 Å². The van der Waals surface area contributed by atoms with Gasteiger partial charge in [0.15, 0.2) is 0 Å². The first-order valence-electron chi connectivity index (χ1n) is 7.20. The summed E-state index contributed by atoms with van der Waals surface area (Å²) >= 11 is 12.3. The summed E-state index contributed by atoms with van der Waals surface area (Å²) in [4.78, 5) is 0. The number of hydrogen-bond acceptors (Lipinski definition) is 3. The van der Waals surface area contributed by atoms with Crippen molar-refractivity contribution >= 4 is 23.2 Å². The highest BCUT2D eigenvalue weighted by Gasteiger charge is 2.26. The molecule has 5 heteroatoms. The Balaban J connectivity index is 2.94. The molecule has 0 aliphatic heterocycles. The largest absolute Gasteiger partial charge is 0.489 e. The van der Waals surface area contributed by atoms with E-state index in [0.717, 1.165) is 5.56 Å². The maximum atomic E-state index is 10.3. The van der Waals surface area contributed by atoms with Crippen LogP contribution in [0.15, 0.2) is 12.1 Å². The fourth-order valence-electron chi connectivity index (χ4n) is 1.61. The summed E-state index contributed by atoms with van der Waals surface area (Å²) in [6.45, 7) is 10.6. The lowest BCUT2D eigenvalue weighted by Gasteiger charge is -2.28. The van der Waals surface area contributed by atoms with Crippen LogP contribution in [0.4, 0.5) is 0 Å². The fourth-order valence-corrected chi connectivity index (χ4v) is 2.20. The summed E-state index contributed by atoms with van der Waals surface area (Å²) in [6, 6.07) is 3.83. The molecule has 1 aromatic carbocycles. The molecule has 0 saturated carbocycles. The minimum atomic E-state index is -0.911. The molecule has 0 aliphatic carbocycles. The molecule has 0 aliphatic rings. The first kappa shape index (κ1) is 18.6. The number of benzene rings is 1. The van der Waals surface area contributed by atoms with E-state index in [9.17, 15) is 5.11 Å². The maximum absolute atomic E-state index is 10.3. The average Bonchev–Trinajstić information content (AvgIpc) is 2.34. The Kier molecular flexibility index (Phi) is 6.79. The van der Waals surface area contributed by atoms with Crippen molar-refractivity contribution in [2.75, 3.05) is 6.61 Å². The van der Waals surface area contributed by atoms with Crippen LogP contribution in [0.5, 0.6) is 5.75 Å². The van der Waals surface area contributed by atoms with Gasteiger partial charge in [0.2, 0.25) is 0 Å². The van der Waals surface area contributed by atoms with Gasteiger partial charge in [-0.3, -0.25) is 0 Å². The van der Waals surface area contributed by atoms with Crippen molar-refractivity contribution in [3.8, 4) is 5.75 Å². The maximum Gasteiger partial charge on any atom is 0.142 e. The zero-order chi connectivity index (χ0) is 16.2. The zero-order valence-electron chi connectivity index (χ0n) is 13.3. The fraction of sp³-hybridized carbons (Fsp3) is 0.625. The van der Waals surface area contributed by atoms with Crippen LogP contribution in [-0.2, 0) is 6.54 Å². The lowest BCUT2D eigenvalue weighted by Crippen LogP contribution is -2.38. The van der Waals surface area contributed by atoms with Crippen LogP contribution in [0.3, 0.4) is 0 Å². The van der Waals surface area contributed by atoms with Crippen LogP contribution in [0.25, 0.3) is 0 Å². The molecule has 0 fully saturated rings. The van der Waals surface area contributed by atoms with Crippen LogP contribution in [0.1, 0.15) is 40.2 Å². The van der Waals surface area contributed by atoms with Gasteiger partial charge in [-0.2, -0.15) is 0 Å². The Bertz CT molecular complexity index is 474. The van der Waals surface area contributed by atoms with E-state index in [1.165, 1.54) is 0 Å². The number of nitrogens with one attached hydrogen (secondary N) is 1. The Hall–Kier alpha value is -0.480. The van der Waals surface area contributed by atoms with Gasteiger partial charge in [0, 0.05) is 23.2 Å². The van der Waals surface area contributed by atoms with E-state index in [1.807, 2.05) is 19.9 Å². The highest BCUT2D eigenvalue weighted by atomic mass is 35.5. The summed E-state index contributed by atoms with van der Waals surface area (Å²) in [6.07, 6.45) is 0. The molecular weight excluding hydrogens is 309 g/mol. The van der Waals surface area contributed by atoms with Crippen molar-refractivity contribution < 1.29 is 9.84 Å². The molecule has 0 heterocycles. The van der Waals surface area contributed by atoms with E-state index in [4.69, 9.17) is 27.9 Å². The predicted octanol–water partition coefficient (Wildman–Crippen LogP) is 4.28. The molecule has 0 bridgehead atoms. The molecule has 120 valence electrons. The van der Waals surface area contributed by atoms with Crippen molar-refractivity contribution in [3.63, 3.8) is 0 Å². The van der Waals surface area contributed by atoms with Gasteiger partial charge in [-0.1, -0.05) is 50.9 Å². The van der Waals surface area contributed by atoms with Gasteiger partial charge in [-0.25, -0.2) is 0 Å². The Labute approximate surface area is 137 Å². The molecule has 0 spiro atoms. The quantitative estimate of drug-likeness (QED) is 0.782. The Morgan fingerprint density at radius 2 is 1.86 bits per heavy atom. The van der Waals surface area contributed by atoms with Gasteiger partial charge in [0.05, 0.1) is 10.6 Å². The van der Waals surface area contributed by atoms with Crippen LogP contribution >= 0.6 is 23.2 Å². The van der Waals surface area contributed by atoms with Crippen molar-refractivity contribution in [3.05, 3.63) is 27.7 Å². The molecule has 3 nitrogen and oxygen atoms in total. The van der Waals surface area contributed by atoms with E-state index in [0.29, 0.717) is 28.4 Å². The van der Waals surface area contributed by atoms with Crippen LogP contribution in [0.2, 0.25) is 10.0 Å². The Morgan fingerprint density at radius 3 is 2.38 bits per heavy atom. The first-order chi connectivity index (χ1) is 9.63. The number of aliphatic hydroxyl groups is 1. The first-order valence-corrected chi connectivity index (χ1v) is 7.95. The monoisotopic (exact) mass is 333 g/mol. The Morgan fingerprint density at radius 1 is 1.24 bits per heavy atom. The highest BCUT2D eigenvalue weighted by Crippen LogP contribution is 2.33. The minimum Gasteiger partial charge on any atom is -0.489 e. The molecule has 2 N–H and O–H groups in total. The summed E-state index contributed by atoms with van der Waals surface area (Å²) < 4.78 is 5.80. The summed E-state index contributed by atoms with van der Waals surface area (Å²) in [5, 5.41) is 14.6. The van der Waals surface area contributed by atoms with Crippen molar-refractivity contribution in [2.24, 2.45) is 5.92 Å². The van der Waals surface area contributed by atoms with Crippen LogP contribution < -0.4 is 10.1 Å². The zero-order valence-corrected chi connectivity index (χ0v) is 14.8. The second-order valence-electron chi connectivity index (χ2n) is 6.21. The SMILES string of the molecule is CC(C)NCc1cc(Cl)cc(Cl)c1OCC(C)(O)C(C)C. The molecule has 1 aromatic rings. The molecular formula is C16H25Cl2NO2. The van der Waals surface area contributed by atoms with Gasteiger partial charge >= 0.3 is 0 Å². The molecule has 21 heavy (non-hydrogen) atoms.